The van der Waals surface area contributed by atoms with Crippen LogP contribution in [0.5, 0.6) is 0 Å². The molecule has 0 aromatic carbocycles. The molecule has 1 aliphatic carbocycles. The van der Waals surface area contributed by atoms with Gasteiger partial charge in [0.05, 0.1) is 11.2 Å². The van der Waals surface area contributed by atoms with E-state index in [0.717, 1.165) is 25.7 Å². The fraction of sp³-hybridized carbons (Fsp3) is 0.833. The Kier molecular flexibility index (Phi) is 5.59. The van der Waals surface area contributed by atoms with Crippen molar-refractivity contribution in [1.29, 1.82) is 0 Å². The summed E-state index contributed by atoms with van der Waals surface area (Å²) in [5.41, 5.74) is 0. The molecule has 0 heterocycles. The van der Waals surface area contributed by atoms with E-state index in [-0.39, 0.29) is 6.42 Å². The maximum Gasteiger partial charge on any atom is 0.307 e. The number of hydrogen-bond acceptors (Lipinski definition) is 3. The number of carbonyl (C=O) groups is 1. The maximum atomic E-state index is 11.2. The third kappa shape index (κ3) is 4.57. The third-order valence-electron chi connectivity index (χ3n) is 3.67. The zero-order chi connectivity index (χ0) is 13.8. The van der Waals surface area contributed by atoms with E-state index in [1.165, 1.54) is 19.3 Å². The van der Waals surface area contributed by atoms with Crippen molar-refractivity contribution in [3.05, 3.63) is 5.92 Å². The van der Waals surface area contributed by atoms with Crippen molar-refractivity contribution in [2.24, 2.45) is 5.92 Å². The molecule has 0 aromatic rings. The van der Waals surface area contributed by atoms with E-state index in [2.05, 4.69) is 0 Å². The fourth-order valence-corrected chi connectivity index (χ4v) is 3.51. The van der Waals surface area contributed by atoms with E-state index < -0.39 is 27.3 Å². The van der Waals surface area contributed by atoms with Crippen molar-refractivity contribution < 1.29 is 22.9 Å². The van der Waals surface area contributed by atoms with Gasteiger partial charge >= 0.3 is 5.97 Å². The highest BCUT2D eigenvalue weighted by molar-refractivity contribution is 7.86. The summed E-state index contributed by atoms with van der Waals surface area (Å²) < 4.78 is 31.6. The zero-order valence-electron chi connectivity index (χ0n) is 10.6. The second-order valence-electron chi connectivity index (χ2n) is 5.03. The van der Waals surface area contributed by atoms with Crippen molar-refractivity contribution >= 4 is 16.1 Å². The van der Waals surface area contributed by atoms with Crippen LogP contribution in [-0.2, 0) is 14.9 Å². The van der Waals surface area contributed by atoms with Crippen molar-refractivity contribution in [3.63, 3.8) is 0 Å². The SMILES string of the molecule is CC(C(=O)O)C(CC[C]1CCCCC1)S(=O)(=O)O. The zero-order valence-corrected chi connectivity index (χ0v) is 11.4. The fourth-order valence-electron chi connectivity index (χ4n) is 2.46. The molecule has 0 aliphatic heterocycles. The molecule has 18 heavy (non-hydrogen) atoms. The van der Waals surface area contributed by atoms with Crippen LogP contribution in [0, 0.1) is 11.8 Å². The smallest absolute Gasteiger partial charge is 0.307 e. The van der Waals surface area contributed by atoms with Gasteiger partial charge in [-0.05, 0) is 31.6 Å². The van der Waals surface area contributed by atoms with E-state index in [1.807, 2.05) is 0 Å². The van der Waals surface area contributed by atoms with Crippen LogP contribution in [0.2, 0.25) is 0 Å². The van der Waals surface area contributed by atoms with E-state index in [0.29, 0.717) is 6.42 Å². The van der Waals surface area contributed by atoms with Gasteiger partial charge in [-0.25, -0.2) is 0 Å². The van der Waals surface area contributed by atoms with Crippen LogP contribution in [0.4, 0.5) is 0 Å². The Hall–Kier alpha value is -0.620. The molecule has 0 bridgehead atoms. The van der Waals surface area contributed by atoms with Crippen molar-refractivity contribution in [2.75, 3.05) is 0 Å². The van der Waals surface area contributed by atoms with Gasteiger partial charge < -0.3 is 5.11 Å². The minimum Gasteiger partial charge on any atom is -0.481 e. The highest BCUT2D eigenvalue weighted by Crippen LogP contribution is 2.31. The molecule has 105 valence electrons. The van der Waals surface area contributed by atoms with Crippen LogP contribution in [0.1, 0.15) is 51.9 Å². The van der Waals surface area contributed by atoms with Gasteiger partial charge in [0.15, 0.2) is 0 Å². The average Bonchev–Trinajstić information content (AvgIpc) is 2.28. The number of rotatable bonds is 6. The molecule has 6 heteroatoms. The molecule has 0 spiro atoms. The summed E-state index contributed by atoms with van der Waals surface area (Å²) in [5.74, 6) is -0.969. The molecule has 1 rings (SSSR count). The highest BCUT2D eigenvalue weighted by Gasteiger charge is 2.34. The minimum absolute atomic E-state index is 0.196. The summed E-state index contributed by atoms with van der Waals surface area (Å²) in [4.78, 5) is 10.9. The Morgan fingerprint density at radius 1 is 1.28 bits per heavy atom. The summed E-state index contributed by atoms with van der Waals surface area (Å²) >= 11 is 0. The molecule has 1 radical (unpaired) electrons. The van der Waals surface area contributed by atoms with Gasteiger partial charge in [-0.2, -0.15) is 8.42 Å². The van der Waals surface area contributed by atoms with Crippen molar-refractivity contribution in [3.8, 4) is 0 Å². The second-order valence-corrected chi connectivity index (χ2v) is 6.67. The van der Waals surface area contributed by atoms with E-state index >= 15 is 0 Å². The van der Waals surface area contributed by atoms with Crippen LogP contribution in [0.25, 0.3) is 0 Å². The molecule has 1 aliphatic rings. The van der Waals surface area contributed by atoms with Gasteiger partial charge in [0.2, 0.25) is 0 Å². The largest absolute Gasteiger partial charge is 0.481 e. The predicted octanol–water partition coefficient (Wildman–Crippen LogP) is 2.28. The van der Waals surface area contributed by atoms with Crippen LogP contribution in [-0.4, -0.2) is 29.3 Å². The molecule has 5 nitrogen and oxygen atoms in total. The topological polar surface area (TPSA) is 91.7 Å². The highest BCUT2D eigenvalue weighted by atomic mass is 32.2. The second kappa shape index (κ2) is 6.52. The molecule has 1 saturated carbocycles. The number of carboxylic acid groups (broad SMARTS) is 1. The molecule has 0 amide bonds. The monoisotopic (exact) mass is 277 g/mol. The molecule has 1 fully saturated rings. The molecular formula is C12H21O5S. The minimum atomic E-state index is -4.30. The molecule has 2 atom stereocenters. The Labute approximate surface area is 108 Å². The Morgan fingerprint density at radius 3 is 2.28 bits per heavy atom. The average molecular weight is 277 g/mol. The van der Waals surface area contributed by atoms with E-state index in [9.17, 15) is 13.2 Å². The molecule has 0 aromatic heterocycles. The van der Waals surface area contributed by atoms with E-state index in [1.54, 1.807) is 0 Å². The lowest BCUT2D eigenvalue weighted by Crippen LogP contribution is -2.33. The Balaban J connectivity index is 2.59. The van der Waals surface area contributed by atoms with Crippen LogP contribution < -0.4 is 0 Å². The molecule has 0 saturated heterocycles. The number of aliphatic carboxylic acids is 1. The van der Waals surface area contributed by atoms with Crippen LogP contribution in [0.3, 0.4) is 0 Å². The lowest BCUT2D eigenvalue weighted by atomic mass is 9.85. The summed E-state index contributed by atoms with van der Waals surface area (Å²) in [6, 6.07) is 0. The summed E-state index contributed by atoms with van der Waals surface area (Å²) in [6.45, 7) is 1.33. The first-order chi connectivity index (χ1) is 8.32. The van der Waals surface area contributed by atoms with Gasteiger partial charge in [0.1, 0.15) is 0 Å². The van der Waals surface area contributed by atoms with Gasteiger partial charge in [0.25, 0.3) is 10.1 Å². The van der Waals surface area contributed by atoms with Gasteiger partial charge in [-0.1, -0.05) is 26.2 Å². The first-order valence-electron chi connectivity index (χ1n) is 6.35. The Morgan fingerprint density at radius 2 is 1.83 bits per heavy atom. The quantitative estimate of drug-likeness (QED) is 0.727. The lowest BCUT2D eigenvalue weighted by Gasteiger charge is -2.24. The van der Waals surface area contributed by atoms with Crippen LogP contribution >= 0.6 is 0 Å². The predicted molar refractivity (Wildman–Crippen MR) is 67.7 cm³/mol. The van der Waals surface area contributed by atoms with Crippen molar-refractivity contribution in [2.45, 2.75) is 57.1 Å². The lowest BCUT2D eigenvalue weighted by molar-refractivity contribution is -0.141. The first-order valence-corrected chi connectivity index (χ1v) is 7.85. The molecular weight excluding hydrogens is 256 g/mol. The molecule has 2 N–H and O–H groups in total. The maximum absolute atomic E-state index is 11.2. The Bertz CT molecular complexity index is 370. The van der Waals surface area contributed by atoms with E-state index in [4.69, 9.17) is 9.66 Å². The number of carboxylic acids is 1. The van der Waals surface area contributed by atoms with Gasteiger partial charge in [-0.3, -0.25) is 9.35 Å². The van der Waals surface area contributed by atoms with Crippen LogP contribution in [0.15, 0.2) is 0 Å². The number of hydrogen-bond donors (Lipinski definition) is 2. The van der Waals surface area contributed by atoms with Gasteiger partial charge in [0, 0.05) is 0 Å². The standard InChI is InChI=1S/C12H21O5S/c1-9(12(13)14)11(18(15,16)17)8-7-10-5-3-2-4-6-10/h9,11H,2-8H2,1H3,(H,13,14)(H,15,16,17). The third-order valence-corrected chi connectivity index (χ3v) is 5.08. The van der Waals surface area contributed by atoms with Crippen molar-refractivity contribution in [1.82, 2.24) is 0 Å². The first kappa shape index (κ1) is 15.4. The molecule has 2 unspecified atom stereocenters. The summed E-state index contributed by atoms with van der Waals surface area (Å²) in [6.07, 6.45) is 6.25. The van der Waals surface area contributed by atoms with Gasteiger partial charge in [-0.15, -0.1) is 0 Å². The summed E-state index contributed by atoms with van der Waals surface area (Å²) in [5, 5.41) is 7.67. The normalized spacial score (nSPS) is 21.4. The summed E-state index contributed by atoms with van der Waals surface area (Å²) in [7, 11) is -4.30.